The highest BCUT2D eigenvalue weighted by Crippen LogP contribution is 2.43. The fourth-order valence-corrected chi connectivity index (χ4v) is 5.51. The number of hydrogen-bond donors (Lipinski definition) is 1. The number of likely N-dealkylation sites (tertiary alicyclic amines) is 1. The quantitative estimate of drug-likeness (QED) is 0.708. The Morgan fingerprint density at radius 3 is 2.31 bits per heavy atom. The molecule has 1 unspecified atom stereocenters. The van der Waals surface area contributed by atoms with Gasteiger partial charge in [-0.1, -0.05) is 31.2 Å². The number of imide groups is 1. The minimum absolute atomic E-state index is 0.0429. The highest BCUT2D eigenvalue weighted by Gasteiger charge is 2.56. The molecule has 3 saturated heterocycles. The number of amides is 4. The van der Waals surface area contributed by atoms with E-state index in [2.05, 4.69) is 36.5 Å². The van der Waals surface area contributed by atoms with Crippen molar-refractivity contribution in [3.8, 4) is 0 Å². The largest absolute Gasteiger partial charge is 0.348 e. The highest BCUT2D eigenvalue weighted by atomic mass is 16.7. The molecule has 1 aromatic rings. The van der Waals surface area contributed by atoms with Crippen molar-refractivity contribution in [3.05, 3.63) is 35.4 Å². The Morgan fingerprint density at radius 2 is 1.66 bits per heavy atom. The molecule has 8 nitrogen and oxygen atoms in total. The van der Waals surface area contributed by atoms with E-state index in [9.17, 15) is 14.4 Å². The summed E-state index contributed by atoms with van der Waals surface area (Å²) in [6.45, 7) is 4.67. The van der Waals surface area contributed by atoms with Crippen LogP contribution in [0.5, 0.6) is 0 Å². The summed E-state index contributed by atoms with van der Waals surface area (Å²) >= 11 is 0. The van der Waals surface area contributed by atoms with E-state index in [1.807, 2.05) is 4.90 Å². The predicted octanol–water partition coefficient (Wildman–Crippen LogP) is 2.21. The van der Waals surface area contributed by atoms with Gasteiger partial charge in [0.15, 0.2) is 5.79 Å². The van der Waals surface area contributed by atoms with Gasteiger partial charge in [-0.15, -0.1) is 0 Å². The molecule has 3 heterocycles. The van der Waals surface area contributed by atoms with Gasteiger partial charge in [0.2, 0.25) is 5.91 Å². The highest BCUT2D eigenvalue weighted by molar-refractivity contribution is 6.07. The van der Waals surface area contributed by atoms with Gasteiger partial charge < -0.3 is 19.7 Å². The Bertz CT molecular complexity index is 899. The first-order chi connectivity index (χ1) is 15.4. The van der Waals surface area contributed by atoms with E-state index >= 15 is 0 Å². The van der Waals surface area contributed by atoms with Crippen molar-refractivity contribution in [1.29, 1.82) is 0 Å². The maximum Gasteiger partial charge on any atom is 0.325 e. The monoisotopic (exact) mass is 441 g/mol. The van der Waals surface area contributed by atoms with E-state index in [0.29, 0.717) is 58.4 Å². The van der Waals surface area contributed by atoms with E-state index in [-0.39, 0.29) is 30.3 Å². The number of nitrogens with zero attached hydrogens (tertiary/aromatic N) is 2. The van der Waals surface area contributed by atoms with Crippen molar-refractivity contribution in [2.45, 2.75) is 63.3 Å². The molecule has 172 valence electrons. The summed E-state index contributed by atoms with van der Waals surface area (Å²) < 4.78 is 11.5. The number of nitrogens with one attached hydrogen (secondary N) is 1. The number of hydrogen-bond acceptors (Lipinski definition) is 5. The molecule has 4 amide bonds. The summed E-state index contributed by atoms with van der Waals surface area (Å²) in [5.41, 5.74) is 1.50. The number of urea groups is 1. The topological polar surface area (TPSA) is 88.2 Å². The summed E-state index contributed by atoms with van der Waals surface area (Å²) in [6, 6.07) is 7.97. The van der Waals surface area contributed by atoms with Gasteiger partial charge in [-0.2, -0.15) is 0 Å². The second-order valence-corrected chi connectivity index (χ2v) is 9.55. The molecule has 8 heteroatoms. The minimum Gasteiger partial charge on any atom is -0.348 e. The van der Waals surface area contributed by atoms with Crippen molar-refractivity contribution >= 4 is 17.8 Å². The normalized spacial score (nSPS) is 26.5. The van der Waals surface area contributed by atoms with Crippen LogP contribution in [-0.4, -0.2) is 65.3 Å². The number of carbonyl (C=O) groups is 3. The fraction of sp³-hybridized carbons (Fsp3) is 0.625. The van der Waals surface area contributed by atoms with Gasteiger partial charge in [0.1, 0.15) is 5.54 Å². The van der Waals surface area contributed by atoms with Crippen molar-refractivity contribution in [2.75, 3.05) is 26.3 Å². The Balaban J connectivity index is 1.19. The number of carbonyl (C=O) groups excluding carboxylic acids is 3. The van der Waals surface area contributed by atoms with Crippen LogP contribution in [0.2, 0.25) is 0 Å². The average molecular weight is 442 g/mol. The molecule has 32 heavy (non-hydrogen) atoms. The lowest BCUT2D eigenvalue weighted by Gasteiger charge is -2.39. The van der Waals surface area contributed by atoms with Gasteiger partial charge in [-0.25, -0.2) is 4.79 Å². The van der Waals surface area contributed by atoms with E-state index < -0.39 is 11.3 Å². The first kappa shape index (κ1) is 21.4. The van der Waals surface area contributed by atoms with Crippen LogP contribution < -0.4 is 5.32 Å². The first-order valence-corrected chi connectivity index (χ1v) is 11.7. The van der Waals surface area contributed by atoms with Gasteiger partial charge in [-0.05, 0) is 30.4 Å². The molecule has 0 radical (unpaired) electrons. The molecule has 1 N–H and O–H groups in total. The predicted molar refractivity (Wildman–Crippen MR) is 115 cm³/mol. The van der Waals surface area contributed by atoms with Crippen molar-refractivity contribution < 1.29 is 23.9 Å². The van der Waals surface area contributed by atoms with Crippen LogP contribution in [-0.2, 0) is 32.0 Å². The van der Waals surface area contributed by atoms with Crippen LogP contribution in [0.1, 0.15) is 50.2 Å². The zero-order valence-corrected chi connectivity index (χ0v) is 18.6. The fourth-order valence-electron chi connectivity index (χ4n) is 5.51. The standard InChI is InChI=1S/C24H31N3O5/c1-2-17-3-5-18(6-4-17)14-26-15-19(13-20(26)28)16-27-21(29)23(25-22(27)30)7-9-24(10-8-23)31-11-12-32-24/h3-6,19H,2,7-16H2,1H3,(H,25,30). The molecule has 0 bridgehead atoms. The first-order valence-electron chi connectivity index (χ1n) is 11.7. The molecule has 0 aromatic heterocycles. The van der Waals surface area contributed by atoms with Crippen molar-refractivity contribution in [3.63, 3.8) is 0 Å². The molecule has 3 aliphatic heterocycles. The molecule has 1 saturated carbocycles. The van der Waals surface area contributed by atoms with Gasteiger partial charge in [0, 0.05) is 44.8 Å². The molecule has 1 aromatic carbocycles. The third kappa shape index (κ3) is 3.79. The van der Waals surface area contributed by atoms with E-state index in [1.54, 1.807) is 0 Å². The molecule has 4 fully saturated rings. The average Bonchev–Trinajstić information content (AvgIpc) is 3.45. The number of benzene rings is 1. The van der Waals surface area contributed by atoms with Gasteiger partial charge >= 0.3 is 6.03 Å². The molecule has 1 atom stereocenters. The molecule has 2 spiro atoms. The Labute approximate surface area is 188 Å². The van der Waals surface area contributed by atoms with Crippen LogP contribution in [0.4, 0.5) is 4.79 Å². The number of rotatable bonds is 5. The molecular weight excluding hydrogens is 410 g/mol. The SMILES string of the molecule is CCc1ccc(CN2CC(CN3C(=O)NC4(CCC5(CC4)OCCO5)C3=O)CC2=O)cc1. The van der Waals surface area contributed by atoms with Crippen LogP contribution in [0.3, 0.4) is 0 Å². The maximum absolute atomic E-state index is 13.3. The second-order valence-electron chi connectivity index (χ2n) is 9.55. The van der Waals surface area contributed by atoms with E-state index in [1.165, 1.54) is 10.5 Å². The summed E-state index contributed by atoms with van der Waals surface area (Å²) in [7, 11) is 0. The maximum atomic E-state index is 13.3. The van der Waals surface area contributed by atoms with Crippen LogP contribution >= 0.6 is 0 Å². The van der Waals surface area contributed by atoms with Crippen LogP contribution in [0, 0.1) is 5.92 Å². The molecule has 1 aliphatic carbocycles. The number of aryl methyl sites for hydroxylation is 1. The van der Waals surface area contributed by atoms with Crippen LogP contribution in [0.25, 0.3) is 0 Å². The van der Waals surface area contributed by atoms with Gasteiger partial charge in [-0.3, -0.25) is 14.5 Å². The smallest absolute Gasteiger partial charge is 0.325 e. The summed E-state index contributed by atoms with van der Waals surface area (Å²) in [5.74, 6) is -0.723. The summed E-state index contributed by atoms with van der Waals surface area (Å²) in [6.07, 6.45) is 3.56. The Hall–Kier alpha value is -2.45. The van der Waals surface area contributed by atoms with E-state index in [0.717, 1.165) is 12.0 Å². The lowest BCUT2D eigenvalue weighted by atomic mass is 9.78. The zero-order chi connectivity index (χ0) is 22.3. The molecule has 5 rings (SSSR count). The Morgan fingerprint density at radius 1 is 1.00 bits per heavy atom. The Kier molecular flexibility index (Phi) is 5.45. The van der Waals surface area contributed by atoms with E-state index in [4.69, 9.17) is 9.47 Å². The minimum atomic E-state index is -0.860. The summed E-state index contributed by atoms with van der Waals surface area (Å²) in [4.78, 5) is 41.7. The van der Waals surface area contributed by atoms with Gasteiger partial charge in [0.05, 0.1) is 13.2 Å². The third-order valence-corrected chi connectivity index (χ3v) is 7.46. The van der Waals surface area contributed by atoms with Gasteiger partial charge in [0.25, 0.3) is 5.91 Å². The third-order valence-electron chi connectivity index (χ3n) is 7.46. The summed E-state index contributed by atoms with van der Waals surface area (Å²) in [5, 5.41) is 2.95. The lowest BCUT2D eigenvalue weighted by Crippen LogP contribution is -2.53. The zero-order valence-electron chi connectivity index (χ0n) is 18.6. The lowest BCUT2D eigenvalue weighted by molar-refractivity contribution is -0.186. The van der Waals surface area contributed by atoms with Crippen molar-refractivity contribution in [2.24, 2.45) is 5.92 Å². The molecule has 4 aliphatic rings. The number of ether oxygens (including phenoxy) is 2. The molecular formula is C24H31N3O5. The van der Waals surface area contributed by atoms with Crippen LogP contribution in [0.15, 0.2) is 24.3 Å². The van der Waals surface area contributed by atoms with Crippen molar-refractivity contribution in [1.82, 2.24) is 15.1 Å². The second kappa shape index (κ2) is 8.15.